The molecule has 4 nitrogen and oxygen atoms in total. The fourth-order valence-electron chi connectivity index (χ4n) is 2.70. The van der Waals surface area contributed by atoms with Gasteiger partial charge in [0.15, 0.2) is 16.6 Å². The van der Waals surface area contributed by atoms with E-state index in [2.05, 4.69) is 79.7 Å². The zero-order valence-corrected chi connectivity index (χ0v) is 23.3. The van der Waals surface area contributed by atoms with Crippen LogP contribution >= 0.6 is 0 Å². The Morgan fingerprint density at radius 3 is 0.792 bits per heavy atom. The summed E-state index contributed by atoms with van der Waals surface area (Å²) in [7, 11) is -10.0. The third kappa shape index (κ3) is 9.57. The molecule has 0 aliphatic rings. The molecule has 0 saturated carbocycles. The smallest absolute Gasteiger partial charge is 0.317 e. The Bertz CT molecular complexity index is 364. The first-order chi connectivity index (χ1) is 10.5. The van der Waals surface area contributed by atoms with Crippen LogP contribution in [0.5, 0.6) is 0 Å². The van der Waals surface area contributed by atoms with Gasteiger partial charge in [-0.15, -0.1) is 0 Å². The number of rotatable bonds is 11. The highest BCUT2D eigenvalue weighted by atomic mass is 28.5. The number of hydrogen-bond acceptors (Lipinski definition) is 4. The third-order valence-corrected chi connectivity index (χ3v) is 22.9. The summed E-state index contributed by atoms with van der Waals surface area (Å²) in [4.78, 5) is 0. The summed E-state index contributed by atoms with van der Waals surface area (Å²) in [6.07, 6.45) is 0. The van der Waals surface area contributed by atoms with Gasteiger partial charge >= 0.3 is 25.7 Å². The Morgan fingerprint density at radius 1 is 0.417 bits per heavy atom. The Hall–Kier alpha value is 0.924. The lowest BCUT2D eigenvalue weighted by Gasteiger charge is -2.44. The molecule has 0 aromatic rings. The first kappa shape index (κ1) is 24.9. The van der Waals surface area contributed by atoms with Crippen molar-refractivity contribution in [3.8, 4) is 0 Å². The molecule has 0 N–H and O–H groups in total. The Morgan fingerprint density at radius 2 is 0.625 bits per heavy atom. The molecule has 0 aromatic carbocycles. The minimum absolute atomic E-state index is 0.933. The first-order valence-corrected chi connectivity index (χ1v) is 23.7. The summed E-state index contributed by atoms with van der Waals surface area (Å²) in [6.45, 7) is 26.6. The van der Waals surface area contributed by atoms with Crippen LogP contribution in [0.15, 0.2) is 0 Å². The highest BCUT2D eigenvalue weighted by Gasteiger charge is 2.48. The average molecular weight is 427 g/mol. The molecule has 2 unspecified atom stereocenters. The molecule has 0 rings (SSSR count). The summed E-state index contributed by atoms with van der Waals surface area (Å²) in [5, 5.41) is 0. The predicted molar refractivity (Wildman–Crippen MR) is 117 cm³/mol. The summed E-state index contributed by atoms with van der Waals surface area (Å²) in [6, 6.07) is 2.85. The molecule has 2 atom stereocenters. The van der Waals surface area contributed by atoms with Crippen LogP contribution in [0.4, 0.5) is 0 Å². The third-order valence-electron chi connectivity index (χ3n) is 3.83. The van der Waals surface area contributed by atoms with Gasteiger partial charge in [-0.05, 0) is 77.1 Å². The SMILES string of the molecule is CC[Si](C)(O[Si](C)(C)C)O[Si](C)(CC)O[Si](C)(CC)O[Si](C)(C)C. The van der Waals surface area contributed by atoms with Gasteiger partial charge in [0.05, 0.1) is 0 Å². The maximum absolute atomic E-state index is 6.75. The summed E-state index contributed by atoms with van der Waals surface area (Å²) in [5.41, 5.74) is 0. The van der Waals surface area contributed by atoms with Gasteiger partial charge in [-0.3, -0.25) is 0 Å². The summed E-state index contributed by atoms with van der Waals surface area (Å²) < 4.78 is 26.5. The van der Waals surface area contributed by atoms with Crippen LogP contribution in [0.25, 0.3) is 0 Å². The Balaban J connectivity index is 5.37. The molecule has 0 aliphatic carbocycles. The summed E-state index contributed by atoms with van der Waals surface area (Å²) >= 11 is 0. The summed E-state index contributed by atoms with van der Waals surface area (Å²) in [5.74, 6) is 0. The van der Waals surface area contributed by atoms with E-state index in [0.717, 1.165) is 18.1 Å². The molecule has 0 radical (unpaired) electrons. The van der Waals surface area contributed by atoms with Gasteiger partial charge < -0.3 is 16.5 Å². The van der Waals surface area contributed by atoms with Crippen molar-refractivity contribution in [3.05, 3.63) is 0 Å². The maximum atomic E-state index is 6.75. The van der Waals surface area contributed by atoms with Crippen molar-refractivity contribution in [1.29, 1.82) is 0 Å². The molecule has 0 heterocycles. The van der Waals surface area contributed by atoms with E-state index in [1.165, 1.54) is 0 Å². The van der Waals surface area contributed by atoms with Gasteiger partial charge in [-0.2, -0.15) is 0 Å². The van der Waals surface area contributed by atoms with Crippen LogP contribution in [0.3, 0.4) is 0 Å². The minimum atomic E-state index is -2.32. The molecular weight excluding hydrogens is 385 g/mol. The quantitative estimate of drug-likeness (QED) is 0.380. The van der Waals surface area contributed by atoms with Crippen molar-refractivity contribution in [1.82, 2.24) is 0 Å². The van der Waals surface area contributed by atoms with Crippen LogP contribution in [-0.2, 0) is 16.5 Å². The molecule has 0 saturated heterocycles. The van der Waals surface area contributed by atoms with Crippen molar-refractivity contribution in [3.63, 3.8) is 0 Å². The van der Waals surface area contributed by atoms with E-state index >= 15 is 0 Å². The lowest BCUT2D eigenvalue weighted by molar-refractivity contribution is 0.287. The average Bonchev–Trinajstić information content (AvgIpc) is 2.33. The molecule has 0 aromatic heterocycles. The van der Waals surface area contributed by atoms with E-state index in [1.807, 2.05) is 0 Å². The highest BCUT2D eigenvalue weighted by Crippen LogP contribution is 2.31. The molecule has 0 amide bonds. The van der Waals surface area contributed by atoms with Crippen molar-refractivity contribution in [2.24, 2.45) is 0 Å². The first-order valence-electron chi connectivity index (χ1n) is 9.31. The van der Waals surface area contributed by atoms with Gasteiger partial charge in [-0.25, -0.2) is 0 Å². The fraction of sp³-hybridized carbons (Fsp3) is 1.00. The van der Waals surface area contributed by atoms with E-state index < -0.39 is 42.3 Å². The van der Waals surface area contributed by atoms with Crippen LogP contribution in [-0.4, -0.2) is 42.3 Å². The van der Waals surface area contributed by atoms with Gasteiger partial charge in [-0.1, -0.05) is 20.8 Å². The zero-order valence-electron chi connectivity index (χ0n) is 18.3. The Labute approximate surface area is 156 Å². The van der Waals surface area contributed by atoms with E-state index in [9.17, 15) is 0 Å². The van der Waals surface area contributed by atoms with Crippen molar-refractivity contribution in [2.45, 2.75) is 97.8 Å². The second-order valence-corrected chi connectivity index (χ2v) is 29.7. The van der Waals surface area contributed by atoms with Crippen molar-refractivity contribution >= 4 is 42.3 Å². The standard InChI is InChI=1S/C15H42O4Si5/c1-13-22(10,16-20(4,5)6)18-24(12,15-3)19-23(11,14-2)17-21(7,8)9/h13-15H2,1-12H3. The van der Waals surface area contributed by atoms with Crippen LogP contribution in [0.2, 0.25) is 77.1 Å². The zero-order chi connectivity index (χ0) is 19.4. The molecule has 146 valence electrons. The largest absolute Gasteiger partial charge is 0.437 e. The molecular formula is C15H42O4Si5. The van der Waals surface area contributed by atoms with E-state index in [4.69, 9.17) is 16.5 Å². The maximum Gasteiger partial charge on any atom is 0.317 e. The highest BCUT2D eigenvalue weighted by molar-refractivity contribution is 6.91. The molecule has 0 bridgehead atoms. The molecule has 0 spiro atoms. The fourth-order valence-corrected chi connectivity index (χ4v) is 25.5. The molecule has 0 fully saturated rings. The van der Waals surface area contributed by atoms with Gasteiger partial charge in [0.1, 0.15) is 0 Å². The van der Waals surface area contributed by atoms with Gasteiger partial charge in [0.2, 0.25) is 0 Å². The van der Waals surface area contributed by atoms with E-state index in [0.29, 0.717) is 0 Å². The molecule has 9 heteroatoms. The minimum Gasteiger partial charge on any atom is -0.437 e. The van der Waals surface area contributed by atoms with Crippen LogP contribution in [0, 0.1) is 0 Å². The van der Waals surface area contributed by atoms with E-state index in [1.54, 1.807) is 0 Å². The van der Waals surface area contributed by atoms with Crippen molar-refractivity contribution in [2.75, 3.05) is 0 Å². The van der Waals surface area contributed by atoms with Gasteiger partial charge in [0.25, 0.3) is 0 Å². The second kappa shape index (κ2) is 8.74. The predicted octanol–water partition coefficient (Wildman–Crippen LogP) is 6.00. The Kier molecular flexibility index (Phi) is 9.08. The lowest BCUT2D eigenvalue weighted by Crippen LogP contribution is -2.60. The second-order valence-electron chi connectivity index (χ2n) is 9.10. The van der Waals surface area contributed by atoms with Crippen LogP contribution in [0.1, 0.15) is 20.8 Å². The van der Waals surface area contributed by atoms with Crippen LogP contribution < -0.4 is 0 Å². The van der Waals surface area contributed by atoms with E-state index in [-0.39, 0.29) is 0 Å². The monoisotopic (exact) mass is 426 g/mol. The normalized spacial score (nSPS) is 21.0. The van der Waals surface area contributed by atoms with Crippen molar-refractivity contribution < 1.29 is 16.5 Å². The number of hydrogen-bond donors (Lipinski definition) is 0. The topological polar surface area (TPSA) is 36.9 Å². The molecule has 24 heavy (non-hydrogen) atoms. The lowest BCUT2D eigenvalue weighted by atomic mass is 11.0. The molecule has 0 aliphatic heterocycles. The van der Waals surface area contributed by atoms with Gasteiger partial charge in [0, 0.05) is 0 Å².